The number of rotatable bonds is 2. The van der Waals surface area contributed by atoms with Crippen molar-refractivity contribution >= 4 is 50.5 Å². The van der Waals surface area contributed by atoms with Gasteiger partial charge in [0.05, 0.1) is 5.56 Å². The van der Waals surface area contributed by atoms with E-state index in [0.717, 1.165) is 30.2 Å². The van der Waals surface area contributed by atoms with Crippen molar-refractivity contribution in [2.45, 2.75) is 26.2 Å². The van der Waals surface area contributed by atoms with Gasteiger partial charge in [-0.2, -0.15) is 5.26 Å². The fraction of sp³-hybridized carbons (Fsp3) is 0.250. The van der Waals surface area contributed by atoms with E-state index in [4.69, 9.17) is 16.6 Å². The van der Waals surface area contributed by atoms with E-state index in [0.29, 0.717) is 22.1 Å². The maximum absolute atomic E-state index is 12.4. The van der Waals surface area contributed by atoms with Crippen LogP contribution in [0.1, 0.15) is 39.9 Å². The van der Waals surface area contributed by atoms with Crippen LogP contribution in [0.15, 0.2) is 34.7 Å². The number of fused-ring (bicyclic) bond motifs is 2. The molecule has 0 saturated carbocycles. The van der Waals surface area contributed by atoms with Crippen molar-refractivity contribution in [2.24, 2.45) is 5.92 Å². The highest BCUT2D eigenvalue weighted by Crippen LogP contribution is 2.39. The Morgan fingerprint density at radius 1 is 1.41 bits per heavy atom. The van der Waals surface area contributed by atoms with Crippen LogP contribution in [-0.2, 0) is 12.8 Å². The Balaban J connectivity index is 1.49. The third-order valence-electron chi connectivity index (χ3n) is 4.73. The molecular formula is C20H17N3O2S2. The number of benzene rings is 1. The zero-order chi connectivity index (χ0) is 19.0. The minimum Gasteiger partial charge on any atom is -0.451 e. The van der Waals surface area contributed by atoms with Gasteiger partial charge in [-0.15, -0.1) is 11.3 Å². The molecule has 3 aromatic rings. The molecule has 0 aliphatic heterocycles. The second-order valence-corrected chi connectivity index (χ2v) is 8.24. The maximum Gasteiger partial charge on any atom is 0.293 e. The normalized spacial score (nSPS) is 15.8. The summed E-state index contributed by atoms with van der Waals surface area (Å²) in [5.41, 5.74) is 2.41. The molecule has 0 spiro atoms. The number of carbonyl (C=O) groups excluding carboxylic acids is 1. The molecule has 1 aromatic carbocycles. The standard InChI is InChI=1S/C20H17N3O2S2/c1-11-6-7-13-14(10-21)19(27-17(13)8-11)23-20(26)22-18(24)16-9-12-4-2-3-5-15(12)25-16/h2-5,9,11H,6-8H2,1H3,(H2,22,23,24,26)/t11-/m1/s1. The summed E-state index contributed by atoms with van der Waals surface area (Å²) in [5, 5.41) is 16.9. The van der Waals surface area contributed by atoms with Gasteiger partial charge in [0.25, 0.3) is 5.91 Å². The van der Waals surface area contributed by atoms with Crippen molar-refractivity contribution < 1.29 is 9.21 Å². The van der Waals surface area contributed by atoms with Crippen molar-refractivity contribution in [1.29, 1.82) is 5.26 Å². The van der Waals surface area contributed by atoms with E-state index in [1.54, 1.807) is 23.5 Å². The number of para-hydroxylation sites is 1. The summed E-state index contributed by atoms with van der Waals surface area (Å²) in [6, 6.07) is 11.4. The first-order chi connectivity index (χ1) is 13.0. The molecule has 4 rings (SSSR count). The Morgan fingerprint density at radius 2 is 2.22 bits per heavy atom. The predicted molar refractivity (Wildman–Crippen MR) is 110 cm³/mol. The smallest absolute Gasteiger partial charge is 0.293 e. The van der Waals surface area contributed by atoms with Crippen LogP contribution in [0.4, 0.5) is 5.00 Å². The van der Waals surface area contributed by atoms with E-state index in [9.17, 15) is 10.1 Å². The topological polar surface area (TPSA) is 78.1 Å². The molecule has 1 atom stereocenters. The van der Waals surface area contributed by atoms with Gasteiger partial charge in [0.15, 0.2) is 10.9 Å². The molecule has 0 bridgehead atoms. The quantitative estimate of drug-likeness (QED) is 0.619. The van der Waals surface area contributed by atoms with Gasteiger partial charge in [0.1, 0.15) is 16.7 Å². The van der Waals surface area contributed by atoms with Crippen LogP contribution in [0.2, 0.25) is 0 Å². The lowest BCUT2D eigenvalue weighted by atomic mass is 9.89. The second-order valence-electron chi connectivity index (χ2n) is 6.72. The Hall–Kier alpha value is -2.69. The van der Waals surface area contributed by atoms with Crippen molar-refractivity contribution in [3.8, 4) is 6.07 Å². The highest BCUT2D eigenvalue weighted by molar-refractivity contribution is 7.80. The predicted octanol–water partition coefficient (Wildman–Crippen LogP) is 4.62. The average molecular weight is 396 g/mol. The van der Waals surface area contributed by atoms with Crippen LogP contribution in [-0.4, -0.2) is 11.0 Å². The zero-order valence-corrected chi connectivity index (χ0v) is 16.3. The number of nitrogens with zero attached hydrogens (tertiary/aromatic N) is 1. The van der Waals surface area contributed by atoms with Crippen LogP contribution in [0.3, 0.4) is 0 Å². The Labute approximate surface area is 166 Å². The summed E-state index contributed by atoms with van der Waals surface area (Å²) in [5.74, 6) is 0.396. The number of thiophene rings is 1. The second kappa shape index (κ2) is 7.14. The number of hydrogen-bond donors (Lipinski definition) is 2. The number of carbonyl (C=O) groups is 1. The van der Waals surface area contributed by atoms with Gasteiger partial charge in [-0.3, -0.25) is 10.1 Å². The molecular weight excluding hydrogens is 378 g/mol. The number of nitriles is 1. The van der Waals surface area contributed by atoms with Gasteiger partial charge in [-0.25, -0.2) is 0 Å². The third kappa shape index (κ3) is 3.46. The first kappa shape index (κ1) is 17.7. The summed E-state index contributed by atoms with van der Waals surface area (Å²) in [7, 11) is 0. The molecule has 7 heteroatoms. The molecule has 1 aliphatic rings. The van der Waals surface area contributed by atoms with Crippen LogP contribution < -0.4 is 10.6 Å². The molecule has 2 N–H and O–H groups in total. The van der Waals surface area contributed by atoms with E-state index in [2.05, 4.69) is 23.6 Å². The largest absolute Gasteiger partial charge is 0.451 e. The summed E-state index contributed by atoms with van der Waals surface area (Å²) in [4.78, 5) is 13.6. The minimum absolute atomic E-state index is 0.156. The van der Waals surface area contributed by atoms with Gasteiger partial charge >= 0.3 is 0 Å². The number of furan rings is 1. The van der Waals surface area contributed by atoms with Gasteiger partial charge in [0.2, 0.25) is 0 Å². The highest BCUT2D eigenvalue weighted by atomic mass is 32.1. The van der Waals surface area contributed by atoms with Crippen LogP contribution in [0.5, 0.6) is 0 Å². The molecule has 136 valence electrons. The van der Waals surface area contributed by atoms with Gasteiger partial charge in [-0.1, -0.05) is 25.1 Å². The Morgan fingerprint density at radius 3 is 3.00 bits per heavy atom. The summed E-state index contributed by atoms with van der Waals surface area (Å²) < 4.78 is 5.55. The number of anilines is 1. The van der Waals surface area contributed by atoms with Crippen LogP contribution in [0, 0.1) is 17.2 Å². The Bertz CT molecular complexity index is 1060. The minimum atomic E-state index is -0.419. The van der Waals surface area contributed by atoms with Crippen molar-refractivity contribution in [2.75, 3.05) is 5.32 Å². The van der Waals surface area contributed by atoms with E-state index in [1.807, 2.05) is 18.2 Å². The first-order valence-corrected chi connectivity index (χ1v) is 9.93. The fourth-order valence-corrected chi connectivity index (χ4v) is 4.97. The van der Waals surface area contributed by atoms with Crippen molar-refractivity contribution in [1.82, 2.24) is 5.32 Å². The maximum atomic E-state index is 12.4. The van der Waals surface area contributed by atoms with Gasteiger partial charge in [0, 0.05) is 10.3 Å². The Kier molecular flexibility index (Phi) is 4.68. The molecule has 27 heavy (non-hydrogen) atoms. The summed E-state index contributed by atoms with van der Waals surface area (Å²) in [6.07, 6.45) is 2.98. The number of hydrogen-bond acceptors (Lipinski definition) is 5. The molecule has 0 saturated heterocycles. The van der Waals surface area contributed by atoms with E-state index in [1.165, 1.54) is 4.88 Å². The molecule has 1 aliphatic carbocycles. The lowest BCUT2D eigenvalue weighted by molar-refractivity contribution is 0.0953. The average Bonchev–Trinajstić information content (AvgIpc) is 3.21. The molecule has 0 radical (unpaired) electrons. The van der Waals surface area contributed by atoms with E-state index >= 15 is 0 Å². The number of nitrogens with one attached hydrogen (secondary N) is 2. The van der Waals surface area contributed by atoms with Crippen molar-refractivity contribution in [3.63, 3.8) is 0 Å². The number of thiocarbonyl (C=S) groups is 1. The lowest BCUT2D eigenvalue weighted by Crippen LogP contribution is -2.33. The highest BCUT2D eigenvalue weighted by Gasteiger charge is 2.24. The molecule has 0 fully saturated rings. The molecule has 0 unspecified atom stereocenters. The fourth-order valence-electron chi connectivity index (χ4n) is 3.35. The molecule has 2 heterocycles. The molecule has 1 amide bonds. The lowest BCUT2D eigenvalue weighted by Gasteiger charge is -2.17. The zero-order valence-electron chi connectivity index (χ0n) is 14.7. The number of amides is 1. The molecule has 2 aromatic heterocycles. The third-order valence-corrected chi connectivity index (χ3v) is 6.10. The van der Waals surface area contributed by atoms with E-state index < -0.39 is 5.91 Å². The van der Waals surface area contributed by atoms with Gasteiger partial charge in [-0.05, 0) is 55.1 Å². The first-order valence-electron chi connectivity index (χ1n) is 8.70. The summed E-state index contributed by atoms with van der Waals surface area (Å²) in [6.45, 7) is 2.22. The SMILES string of the molecule is C[C@@H]1CCc2c(sc(NC(=S)NC(=O)c3cc4ccccc4o3)c2C#N)C1. The van der Waals surface area contributed by atoms with Crippen molar-refractivity contribution in [3.05, 3.63) is 52.1 Å². The van der Waals surface area contributed by atoms with Gasteiger partial charge < -0.3 is 9.73 Å². The summed E-state index contributed by atoms with van der Waals surface area (Å²) >= 11 is 6.83. The molecule has 5 nitrogen and oxygen atoms in total. The van der Waals surface area contributed by atoms with E-state index in [-0.39, 0.29) is 10.9 Å². The van der Waals surface area contributed by atoms with Crippen LogP contribution >= 0.6 is 23.6 Å². The monoisotopic (exact) mass is 395 g/mol. The van der Waals surface area contributed by atoms with Crippen LogP contribution in [0.25, 0.3) is 11.0 Å².